The SMILES string of the molecule is CCNC1CCC(S(=O)Cc2cccc(C)c2)C1C. The molecule has 0 bridgehead atoms. The van der Waals surface area contributed by atoms with Crippen LogP contribution in [0.2, 0.25) is 0 Å². The molecule has 4 atom stereocenters. The molecule has 1 N–H and O–H groups in total. The van der Waals surface area contributed by atoms with Crippen molar-refractivity contribution in [1.29, 1.82) is 0 Å². The minimum Gasteiger partial charge on any atom is -0.314 e. The number of aryl methyl sites for hydroxylation is 1. The van der Waals surface area contributed by atoms with E-state index < -0.39 is 10.8 Å². The van der Waals surface area contributed by atoms with Gasteiger partial charge in [0.05, 0.1) is 0 Å². The van der Waals surface area contributed by atoms with Crippen molar-refractivity contribution in [2.45, 2.75) is 50.7 Å². The highest BCUT2D eigenvalue weighted by Gasteiger charge is 2.35. The van der Waals surface area contributed by atoms with Crippen molar-refractivity contribution in [3.63, 3.8) is 0 Å². The lowest BCUT2D eigenvalue weighted by atomic mass is 10.1. The average Bonchev–Trinajstić information content (AvgIpc) is 2.72. The predicted molar refractivity (Wildman–Crippen MR) is 82.7 cm³/mol. The average molecular weight is 279 g/mol. The predicted octanol–water partition coefficient (Wildman–Crippen LogP) is 3.02. The van der Waals surface area contributed by atoms with Gasteiger partial charge in [-0.15, -0.1) is 0 Å². The van der Waals surface area contributed by atoms with Crippen molar-refractivity contribution in [2.24, 2.45) is 5.92 Å². The first-order valence-electron chi connectivity index (χ1n) is 7.28. The van der Waals surface area contributed by atoms with Crippen molar-refractivity contribution in [1.82, 2.24) is 5.32 Å². The second-order valence-electron chi connectivity index (χ2n) is 5.65. The zero-order chi connectivity index (χ0) is 13.8. The molecule has 1 aliphatic carbocycles. The van der Waals surface area contributed by atoms with Gasteiger partial charge in [0, 0.05) is 27.8 Å². The first kappa shape index (κ1) is 14.7. The zero-order valence-corrected chi connectivity index (χ0v) is 13.0. The minimum atomic E-state index is -0.749. The maximum Gasteiger partial charge on any atom is 0.0488 e. The number of benzene rings is 1. The summed E-state index contributed by atoms with van der Waals surface area (Å²) in [5.41, 5.74) is 2.46. The van der Waals surface area contributed by atoms with E-state index in [4.69, 9.17) is 0 Å². The van der Waals surface area contributed by atoms with E-state index in [2.05, 4.69) is 50.4 Å². The van der Waals surface area contributed by atoms with Crippen LogP contribution in [0.15, 0.2) is 24.3 Å². The van der Waals surface area contributed by atoms with Crippen LogP contribution in [-0.4, -0.2) is 22.0 Å². The molecule has 0 saturated heterocycles. The molecule has 0 heterocycles. The van der Waals surface area contributed by atoms with E-state index in [1.54, 1.807) is 0 Å². The van der Waals surface area contributed by atoms with Crippen LogP contribution in [0, 0.1) is 12.8 Å². The van der Waals surface area contributed by atoms with Gasteiger partial charge >= 0.3 is 0 Å². The lowest BCUT2D eigenvalue weighted by Gasteiger charge is -2.21. The van der Waals surface area contributed by atoms with E-state index in [9.17, 15) is 4.21 Å². The van der Waals surface area contributed by atoms with Gasteiger partial charge in [0.25, 0.3) is 0 Å². The second-order valence-corrected chi connectivity index (χ2v) is 7.31. The van der Waals surface area contributed by atoms with E-state index in [1.165, 1.54) is 17.5 Å². The minimum absolute atomic E-state index is 0.351. The Labute approximate surface area is 119 Å². The van der Waals surface area contributed by atoms with Gasteiger partial charge in [-0.05, 0) is 37.8 Å². The number of hydrogen-bond acceptors (Lipinski definition) is 2. The Morgan fingerprint density at radius 3 is 2.84 bits per heavy atom. The fourth-order valence-electron chi connectivity index (χ4n) is 3.12. The van der Waals surface area contributed by atoms with Gasteiger partial charge in [-0.2, -0.15) is 0 Å². The van der Waals surface area contributed by atoms with Crippen molar-refractivity contribution in [3.05, 3.63) is 35.4 Å². The Hall–Kier alpha value is -0.670. The van der Waals surface area contributed by atoms with Crippen LogP contribution < -0.4 is 5.32 Å². The number of nitrogens with one attached hydrogen (secondary N) is 1. The molecule has 0 aromatic heterocycles. The molecule has 0 amide bonds. The molecule has 1 aromatic carbocycles. The molecule has 1 fully saturated rings. The van der Waals surface area contributed by atoms with Gasteiger partial charge in [0.1, 0.15) is 0 Å². The molecular formula is C16H25NOS. The summed E-state index contributed by atoms with van der Waals surface area (Å²) in [5, 5.41) is 3.87. The fourth-order valence-corrected chi connectivity index (χ4v) is 4.91. The summed E-state index contributed by atoms with van der Waals surface area (Å²) < 4.78 is 12.6. The molecule has 2 rings (SSSR count). The first-order valence-corrected chi connectivity index (χ1v) is 8.66. The molecule has 2 nitrogen and oxygen atoms in total. The molecule has 0 aliphatic heterocycles. The fraction of sp³-hybridized carbons (Fsp3) is 0.625. The van der Waals surface area contributed by atoms with Gasteiger partial charge in [-0.25, -0.2) is 0 Å². The number of hydrogen-bond donors (Lipinski definition) is 1. The molecule has 1 aromatic rings. The van der Waals surface area contributed by atoms with Crippen molar-refractivity contribution in [3.8, 4) is 0 Å². The number of rotatable bonds is 5. The van der Waals surface area contributed by atoms with E-state index in [0.717, 1.165) is 13.0 Å². The monoisotopic (exact) mass is 279 g/mol. The van der Waals surface area contributed by atoms with Gasteiger partial charge in [0.2, 0.25) is 0 Å². The third kappa shape index (κ3) is 3.67. The van der Waals surface area contributed by atoms with Crippen LogP contribution in [-0.2, 0) is 16.6 Å². The Morgan fingerprint density at radius 2 is 2.16 bits per heavy atom. The largest absolute Gasteiger partial charge is 0.314 e. The van der Waals surface area contributed by atoms with Crippen LogP contribution in [0.25, 0.3) is 0 Å². The van der Waals surface area contributed by atoms with Gasteiger partial charge in [-0.1, -0.05) is 43.7 Å². The van der Waals surface area contributed by atoms with Crippen molar-refractivity contribution in [2.75, 3.05) is 6.54 Å². The third-order valence-corrected chi connectivity index (χ3v) is 6.14. The smallest absolute Gasteiger partial charge is 0.0488 e. The molecule has 19 heavy (non-hydrogen) atoms. The van der Waals surface area contributed by atoms with E-state index >= 15 is 0 Å². The zero-order valence-electron chi connectivity index (χ0n) is 12.2. The molecule has 1 saturated carbocycles. The summed E-state index contributed by atoms with van der Waals surface area (Å²) >= 11 is 0. The molecular weight excluding hydrogens is 254 g/mol. The second kappa shape index (κ2) is 6.67. The molecule has 0 spiro atoms. The topological polar surface area (TPSA) is 29.1 Å². The lowest BCUT2D eigenvalue weighted by Crippen LogP contribution is -2.35. The Morgan fingerprint density at radius 1 is 1.37 bits per heavy atom. The Balaban J connectivity index is 1.97. The molecule has 3 heteroatoms. The highest BCUT2D eigenvalue weighted by atomic mass is 32.2. The summed E-state index contributed by atoms with van der Waals surface area (Å²) in [4.78, 5) is 0. The molecule has 1 aliphatic rings. The third-order valence-electron chi connectivity index (χ3n) is 4.18. The highest BCUT2D eigenvalue weighted by Crippen LogP contribution is 2.31. The summed E-state index contributed by atoms with van der Waals surface area (Å²) in [7, 11) is -0.749. The van der Waals surface area contributed by atoms with Crippen LogP contribution >= 0.6 is 0 Å². The quantitative estimate of drug-likeness (QED) is 0.897. The van der Waals surface area contributed by atoms with E-state index in [0.29, 0.717) is 23.0 Å². The standard InChI is InChI=1S/C16H25NOS/c1-4-17-15-8-9-16(13(15)3)19(18)11-14-7-5-6-12(2)10-14/h5-7,10,13,15-17H,4,8-9,11H2,1-3H3. The summed E-state index contributed by atoms with van der Waals surface area (Å²) in [6, 6.07) is 8.94. The van der Waals surface area contributed by atoms with Crippen LogP contribution in [0.5, 0.6) is 0 Å². The molecule has 106 valence electrons. The van der Waals surface area contributed by atoms with Crippen LogP contribution in [0.3, 0.4) is 0 Å². The lowest BCUT2D eigenvalue weighted by molar-refractivity contribution is 0.438. The molecule has 4 unspecified atom stereocenters. The Bertz CT molecular complexity index is 446. The maximum atomic E-state index is 12.6. The normalized spacial score (nSPS) is 28.5. The van der Waals surface area contributed by atoms with Gasteiger partial charge in [0.15, 0.2) is 0 Å². The summed E-state index contributed by atoms with van der Waals surface area (Å²) in [6.07, 6.45) is 2.26. The Kier molecular flexibility index (Phi) is 5.17. The van der Waals surface area contributed by atoms with Crippen LogP contribution in [0.4, 0.5) is 0 Å². The van der Waals surface area contributed by atoms with Gasteiger partial charge in [-0.3, -0.25) is 4.21 Å². The van der Waals surface area contributed by atoms with Crippen molar-refractivity contribution < 1.29 is 4.21 Å². The van der Waals surface area contributed by atoms with E-state index in [-0.39, 0.29) is 0 Å². The maximum absolute atomic E-state index is 12.6. The van der Waals surface area contributed by atoms with Crippen molar-refractivity contribution >= 4 is 10.8 Å². The summed E-state index contributed by atoms with van der Waals surface area (Å²) in [6.45, 7) is 7.49. The van der Waals surface area contributed by atoms with E-state index in [1.807, 2.05) is 0 Å². The first-order chi connectivity index (χ1) is 9.11. The molecule has 0 radical (unpaired) electrons. The summed E-state index contributed by atoms with van der Waals surface area (Å²) in [5.74, 6) is 1.22. The van der Waals surface area contributed by atoms with Gasteiger partial charge < -0.3 is 5.32 Å². The van der Waals surface area contributed by atoms with Crippen LogP contribution in [0.1, 0.15) is 37.8 Å². The highest BCUT2D eigenvalue weighted by molar-refractivity contribution is 7.84.